The van der Waals surface area contributed by atoms with Crippen LogP contribution in [0.5, 0.6) is 0 Å². The minimum Gasteiger partial charge on any atom is -0.419 e. The molecule has 1 unspecified atom stereocenters. The molecule has 1 aromatic heterocycles. The molecule has 0 aliphatic carbocycles. The minimum absolute atomic E-state index is 0.118. The monoisotopic (exact) mass is 435 g/mol. The highest BCUT2D eigenvalue weighted by Crippen LogP contribution is 2.30. The van der Waals surface area contributed by atoms with Crippen LogP contribution in [0.15, 0.2) is 27.1 Å². The van der Waals surface area contributed by atoms with E-state index >= 15 is 0 Å². The van der Waals surface area contributed by atoms with Gasteiger partial charge in [0.05, 0.1) is 11.6 Å². The van der Waals surface area contributed by atoms with Gasteiger partial charge in [0, 0.05) is 8.04 Å². The normalized spacial score (nSPS) is 12.6. The topological polar surface area (TPSA) is 51.0 Å². The smallest absolute Gasteiger partial charge is 0.249 e. The Balaban J connectivity index is 2.32. The van der Waals surface area contributed by atoms with E-state index in [4.69, 9.17) is 4.42 Å². The molecule has 0 aliphatic rings. The Bertz CT molecular complexity index is 559. The van der Waals surface area contributed by atoms with Gasteiger partial charge in [0.25, 0.3) is 0 Å². The summed E-state index contributed by atoms with van der Waals surface area (Å²) in [6.45, 7) is 5.04. The number of benzene rings is 1. The summed E-state index contributed by atoms with van der Waals surface area (Å²) in [5.74, 6) is 1.20. The van der Waals surface area contributed by atoms with Gasteiger partial charge in [-0.3, -0.25) is 0 Å². The molecule has 1 aromatic carbocycles. The summed E-state index contributed by atoms with van der Waals surface area (Å²) in [6, 6.07) is 6.16. The Labute approximate surface area is 134 Å². The van der Waals surface area contributed by atoms with Gasteiger partial charge in [-0.1, -0.05) is 13.8 Å². The first-order chi connectivity index (χ1) is 9.15. The van der Waals surface area contributed by atoms with Crippen molar-refractivity contribution in [3.05, 3.63) is 32.1 Å². The first-order valence-electron chi connectivity index (χ1n) is 6.17. The minimum atomic E-state index is 0.118. The zero-order chi connectivity index (χ0) is 13.8. The predicted molar refractivity (Wildman–Crippen MR) is 86.9 cm³/mol. The van der Waals surface area contributed by atoms with Crippen LogP contribution in [0.3, 0.4) is 0 Å². The maximum Gasteiger partial charge on any atom is 0.249 e. The van der Waals surface area contributed by atoms with Crippen molar-refractivity contribution in [2.75, 3.05) is 6.54 Å². The Morgan fingerprint density at radius 1 is 1.37 bits per heavy atom. The van der Waals surface area contributed by atoms with Crippen LogP contribution in [0.1, 0.15) is 32.2 Å². The maximum absolute atomic E-state index is 5.79. The van der Waals surface area contributed by atoms with E-state index in [1.165, 1.54) is 0 Å². The second kappa shape index (κ2) is 6.81. The average Bonchev–Trinajstić information content (AvgIpc) is 2.88. The number of nitrogens with one attached hydrogen (secondary N) is 1. The molecule has 1 heterocycles. The number of halogens is 2. The summed E-state index contributed by atoms with van der Waals surface area (Å²) in [4.78, 5) is 0. The molecule has 0 spiro atoms. The van der Waals surface area contributed by atoms with Crippen molar-refractivity contribution in [1.82, 2.24) is 15.5 Å². The van der Waals surface area contributed by atoms with Crippen LogP contribution in [-0.4, -0.2) is 16.7 Å². The third-order valence-corrected chi connectivity index (χ3v) is 4.12. The quantitative estimate of drug-likeness (QED) is 0.716. The summed E-state index contributed by atoms with van der Waals surface area (Å²) >= 11 is 5.78. The molecule has 0 amide bonds. The Kier molecular flexibility index (Phi) is 5.35. The van der Waals surface area contributed by atoms with Gasteiger partial charge in [0.15, 0.2) is 0 Å². The van der Waals surface area contributed by atoms with E-state index in [-0.39, 0.29) is 6.04 Å². The fourth-order valence-electron chi connectivity index (χ4n) is 1.80. The van der Waals surface area contributed by atoms with Crippen molar-refractivity contribution < 1.29 is 4.42 Å². The fourth-order valence-corrected chi connectivity index (χ4v) is 2.71. The third-order valence-electron chi connectivity index (χ3n) is 2.76. The van der Waals surface area contributed by atoms with E-state index in [0.29, 0.717) is 11.8 Å². The molecular formula is C13H15BrIN3O. The van der Waals surface area contributed by atoms with Crippen LogP contribution in [0.25, 0.3) is 11.5 Å². The highest BCUT2D eigenvalue weighted by Gasteiger charge is 2.17. The largest absolute Gasteiger partial charge is 0.419 e. The van der Waals surface area contributed by atoms with Crippen molar-refractivity contribution in [3.63, 3.8) is 0 Å². The average molecular weight is 436 g/mol. The van der Waals surface area contributed by atoms with Gasteiger partial charge in [-0.25, -0.2) is 0 Å². The van der Waals surface area contributed by atoms with E-state index in [2.05, 4.69) is 67.9 Å². The molecule has 1 atom stereocenters. The molecule has 0 saturated heterocycles. The molecule has 19 heavy (non-hydrogen) atoms. The van der Waals surface area contributed by atoms with Crippen molar-refractivity contribution in [1.29, 1.82) is 0 Å². The number of hydrogen-bond donors (Lipinski definition) is 1. The lowest BCUT2D eigenvalue weighted by molar-refractivity contribution is 0.402. The summed E-state index contributed by atoms with van der Waals surface area (Å²) in [7, 11) is 0. The first-order valence-corrected chi connectivity index (χ1v) is 8.05. The molecule has 0 fully saturated rings. The van der Waals surface area contributed by atoms with Crippen LogP contribution in [-0.2, 0) is 0 Å². The highest BCUT2D eigenvalue weighted by molar-refractivity contribution is 14.1. The van der Waals surface area contributed by atoms with E-state index in [1.54, 1.807) is 0 Å². The zero-order valence-electron chi connectivity index (χ0n) is 10.8. The SMILES string of the molecule is CCNC(CC)c1nnc(-c2cc(I)ccc2Br)o1. The molecular weight excluding hydrogens is 421 g/mol. The molecule has 1 N–H and O–H groups in total. The van der Waals surface area contributed by atoms with Gasteiger partial charge < -0.3 is 9.73 Å². The van der Waals surface area contributed by atoms with Crippen LogP contribution < -0.4 is 5.32 Å². The molecule has 6 heteroatoms. The van der Waals surface area contributed by atoms with Gasteiger partial charge in [-0.15, -0.1) is 10.2 Å². The number of nitrogens with zero attached hydrogens (tertiary/aromatic N) is 2. The lowest BCUT2D eigenvalue weighted by Crippen LogP contribution is -2.20. The zero-order valence-corrected chi connectivity index (χ0v) is 14.5. The van der Waals surface area contributed by atoms with Gasteiger partial charge in [-0.05, 0) is 69.7 Å². The summed E-state index contributed by atoms with van der Waals surface area (Å²) < 4.78 is 7.88. The molecule has 0 radical (unpaired) electrons. The predicted octanol–water partition coefficient (Wildman–Crippen LogP) is 4.16. The maximum atomic E-state index is 5.79. The molecule has 0 saturated carbocycles. The third kappa shape index (κ3) is 3.55. The summed E-state index contributed by atoms with van der Waals surface area (Å²) in [5, 5.41) is 11.6. The van der Waals surface area contributed by atoms with Crippen molar-refractivity contribution in [3.8, 4) is 11.5 Å². The summed E-state index contributed by atoms with van der Waals surface area (Å²) in [6.07, 6.45) is 0.920. The standard InChI is InChI=1S/C13H15BrIN3O/c1-3-11(16-4-2)13-18-17-12(19-13)9-7-8(15)5-6-10(9)14/h5-7,11,16H,3-4H2,1-2H3. The molecule has 2 rings (SSSR count). The van der Waals surface area contributed by atoms with Crippen LogP contribution in [0, 0.1) is 3.57 Å². The molecule has 0 aliphatic heterocycles. The van der Waals surface area contributed by atoms with Crippen LogP contribution in [0.2, 0.25) is 0 Å². The van der Waals surface area contributed by atoms with Crippen molar-refractivity contribution in [2.45, 2.75) is 26.3 Å². The van der Waals surface area contributed by atoms with E-state index in [1.807, 2.05) is 18.2 Å². The molecule has 102 valence electrons. The van der Waals surface area contributed by atoms with Crippen molar-refractivity contribution in [2.24, 2.45) is 0 Å². The van der Waals surface area contributed by atoms with Gasteiger partial charge in [-0.2, -0.15) is 0 Å². The highest BCUT2D eigenvalue weighted by atomic mass is 127. The van der Waals surface area contributed by atoms with E-state index in [0.717, 1.165) is 26.6 Å². The lowest BCUT2D eigenvalue weighted by atomic mass is 10.2. The fraction of sp³-hybridized carbons (Fsp3) is 0.385. The van der Waals surface area contributed by atoms with Crippen molar-refractivity contribution >= 4 is 38.5 Å². The van der Waals surface area contributed by atoms with Crippen LogP contribution in [0.4, 0.5) is 0 Å². The van der Waals surface area contributed by atoms with E-state index < -0.39 is 0 Å². The van der Waals surface area contributed by atoms with Gasteiger partial charge >= 0.3 is 0 Å². The van der Waals surface area contributed by atoms with Gasteiger partial charge in [0.1, 0.15) is 0 Å². The Hall–Kier alpha value is -0.470. The lowest BCUT2D eigenvalue weighted by Gasteiger charge is -2.10. The molecule has 2 aromatic rings. The number of aromatic nitrogens is 2. The second-order valence-corrected chi connectivity index (χ2v) is 6.19. The second-order valence-electron chi connectivity index (χ2n) is 4.09. The number of rotatable bonds is 5. The van der Waals surface area contributed by atoms with E-state index in [9.17, 15) is 0 Å². The number of hydrogen-bond acceptors (Lipinski definition) is 4. The summed E-state index contributed by atoms with van der Waals surface area (Å²) in [5.41, 5.74) is 0.928. The molecule has 0 bridgehead atoms. The first kappa shape index (κ1) is 14.9. The Morgan fingerprint density at radius 3 is 2.84 bits per heavy atom. The van der Waals surface area contributed by atoms with Crippen LogP contribution >= 0.6 is 38.5 Å². The Morgan fingerprint density at radius 2 is 2.16 bits per heavy atom. The van der Waals surface area contributed by atoms with Gasteiger partial charge in [0.2, 0.25) is 11.8 Å². The molecule has 4 nitrogen and oxygen atoms in total.